The number of alkyl halides is 2. The predicted molar refractivity (Wildman–Crippen MR) is 165 cm³/mol. The van der Waals surface area contributed by atoms with Gasteiger partial charge in [0, 0.05) is 38.6 Å². The van der Waals surface area contributed by atoms with Crippen molar-refractivity contribution in [1.82, 2.24) is 19.4 Å². The summed E-state index contributed by atoms with van der Waals surface area (Å²) in [6, 6.07) is 10.4. The molecule has 0 bridgehead atoms. The van der Waals surface area contributed by atoms with Gasteiger partial charge in [0.15, 0.2) is 0 Å². The van der Waals surface area contributed by atoms with Gasteiger partial charge in [0.25, 0.3) is 18.2 Å². The number of fused-ring (bicyclic) bond motifs is 1. The molecule has 0 aliphatic carbocycles. The summed E-state index contributed by atoms with van der Waals surface area (Å²) in [5.74, 6) is -0.328. The molecule has 234 valence electrons. The number of anilines is 1. The Morgan fingerprint density at radius 3 is 2.64 bits per heavy atom. The molecule has 1 atom stereocenters. The number of hydrogen-bond donors (Lipinski definition) is 2. The molecule has 2 N–H and O–H groups in total. The molecule has 2 aliphatic rings. The molecule has 5 rings (SSSR count). The molecular formula is C32H38F2N6O3S. The second-order valence-electron chi connectivity index (χ2n) is 12.6. The van der Waals surface area contributed by atoms with Gasteiger partial charge in [-0.05, 0) is 62.4 Å². The first kappa shape index (κ1) is 31.8. The largest absolute Gasteiger partial charge is 0.390 e. The fourth-order valence-electron chi connectivity index (χ4n) is 5.86. The molecule has 0 spiro atoms. The van der Waals surface area contributed by atoms with Crippen LogP contribution in [0.1, 0.15) is 67.1 Å². The molecule has 0 radical (unpaired) electrons. The lowest BCUT2D eigenvalue weighted by molar-refractivity contribution is -0.127. The van der Waals surface area contributed by atoms with E-state index in [2.05, 4.69) is 16.3 Å². The highest BCUT2D eigenvalue weighted by atomic mass is 32.1. The first-order valence-electron chi connectivity index (χ1n) is 14.9. The van der Waals surface area contributed by atoms with Crippen molar-refractivity contribution < 1.29 is 23.5 Å². The zero-order chi connectivity index (χ0) is 31.8. The Morgan fingerprint density at radius 1 is 1.25 bits per heavy atom. The number of allylic oxidation sites excluding steroid dienone is 1. The highest BCUT2D eigenvalue weighted by Crippen LogP contribution is 2.32. The van der Waals surface area contributed by atoms with E-state index in [9.17, 15) is 28.7 Å². The van der Waals surface area contributed by atoms with Gasteiger partial charge in [-0.1, -0.05) is 26.0 Å². The number of nitrogens with one attached hydrogen (secondary N) is 1. The van der Waals surface area contributed by atoms with E-state index in [4.69, 9.17) is 4.98 Å². The van der Waals surface area contributed by atoms with Gasteiger partial charge in [-0.25, -0.2) is 13.8 Å². The van der Waals surface area contributed by atoms with Crippen LogP contribution in [-0.2, 0) is 17.9 Å². The Bertz CT molecular complexity index is 1610. The van der Waals surface area contributed by atoms with Crippen LogP contribution in [0, 0.1) is 23.2 Å². The molecule has 2 aliphatic heterocycles. The number of aromatic nitrogens is 2. The third-order valence-corrected chi connectivity index (χ3v) is 9.44. The number of aliphatic hydroxyl groups is 1. The van der Waals surface area contributed by atoms with Crippen LogP contribution in [0.5, 0.6) is 0 Å². The first-order valence-corrected chi connectivity index (χ1v) is 15.7. The summed E-state index contributed by atoms with van der Waals surface area (Å²) in [5.41, 5.74) is 1.85. The van der Waals surface area contributed by atoms with E-state index in [1.54, 1.807) is 11.0 Å². The van der Waals surface area contributed by atoms with E-state index < -0.39 is 17.9 Å². The van der Waals surface area contributed by atoms with Crippen LogP contribution in [0.3, 0.4) is 0 Å². The van der Waals surface area contributed by atoms with Gasteiger partial charge in [0.1, 0.15) is 11.6 Å². The SMILES string of the molecule is CC(C)/C=C(\C#N)C(=O)N1CCC[C@@H]1Cn1c(NC(=O)c2ccc(C(F)F)s2)nc2cc(CN3CC(C(C)(C)O)C3)ccc21. The van der Waals surface area contributed by atoms with Crippen LogP contribution in [0.25, 0.3) is 11.0 Å². The third-order valence-electron chi connectivity index (χ3n) is 8.35. The van der Waals surface area contributed by atoms with Crippen molar-refractivity contribution in [3.8, 4) is 6.07 Å². The maximum atomic E-state index is 13.3. The second-order valence-corrected chi connectivity index (χ2v) is 13.7. The van der Waals surface area contributed by atoms with Crippen LogP contribution in [0.4, 0.5) is 14.7 Å². The quantitative estimate of drug-likeness (QED) is 0.225. The number of thiophene rings is 1. The number of nitrogens with zero attached hydrogens (tertiary/aromatic N) is 5. The number of halogens is 2. The number of hydrogen-bond acceptors (Lipinski definition) is 7. The van der Waals surface area contributed by atoms with Gasteiger partial charge in [-0.15, -0.1) is 11.3 Å². The van der Waals surface area contributed by atoms with Crippen molar-refractivity contribution in [3.63, 3.8) is 0 Å². The van der Waals surface area contributed by atoms with Crippen LogP contribution in [0.2, 0.25) is 0 Å². The normalized spacial score (nSPS) is 18.3. The lowest BCUT2D eigenvalue weighted by Crippen LogP contribution is -2.55. The molecule has 1 aromatic carbocycles. The highest BCUT2D eigenvalue weighted by Gasteiger charge is 2.37. The summed E-state index contributed by atoms with van der Waals surface area (Å²) < 4.78 is 28.2. The molecule has 0 saturated carbocycles. The lowest BCUT2D eigenvalue weighted by Gasteiger charge is -2.45. The number of likely N-dealkylation sites (tertiary alicyclic amines) is 2. The van der Waals surface area contributed by atoms with Crippen molar-refractivity contribution in [2.24, 2.45) is 11.8 Å². The average molecular weight is 625 g/mol. The van der Waals surface area contributed by atoms with E-state index in [0.29, 0.717) is 25.2 Å². The minimum absolute atomic E-state index is 0.0448. The minimum atomic E-state index is -2.66. The van der Waals surface area contributed by atoms with E-state index in [0.717, 1.165) is 48.3 Å². The summed E-state index contributed by atoms with van der Waals surface area (Å²) in [4.78, 5) is 35.2. The Balaban J connectivity index is 1.43. The second kappa shape index (κ2) is 12.8. The van der Waals surface area contributed by atoms with Crippen molar-refractivity contribution >= 4 is 40.1 Å². The lowest BCUT2D eigenvalue weighted by atomic mass is 9.84. The van der Waals surface area contributed by atoms with Crippen LogP contribution in [-0.4, -0.2) is 67.5 Å². The van der Waals surface area contributed by atoms with Gasteiger partial charge in [0.05, 0.1) is 32.4 Å². The van der Waals surface area contributed by atoms with E-state index in [1.807, 2.05) is 50.5 Å². The summed E-state index contributed by atoms with van der Waals surface area (Å²) in [6.07, 6.45) is 0.511. The maximum Gasteiger partial charge on any atom is 0.272 e. The molecule has 2 amide bonds. The Labute approximate surface area is 259 Å². The van der Waals surface area contributed by atoms with E-state index in [1.165, 1.54) is 12.1 Å². The number of carbonyl (C=O) groups is 2. The van der Waals surface area contributed by atoms with E-state index >= 15 is 0 Å². The molecule has 2 fully saturated rings. The van der Waals surface area contributed by atoms with E-state index in [-0.39, 0.29) is 45.1 Å². The molecule has 9 nitrogen and oxygen atoms in total. The van der Waals surface area contributed by atoms with Crippen LogP contribution < -0.4 is 5.32 Å². The average Bonchev–Trinajstić information content (AvgIpc) is 3.67. The van der Waals surface area contributed by atoms with Crippen LogP contribution >= 0.6 is 11.3 Å². The fraction of sp³-hybridized carbons (Fsp3) is 0.500. The zero-order valence-corrected chi connectivity index (χ0v) is 26.2. The maximum absolute atomic E-state index is 13.3. The Morgan fingerprint density at radius 2 is 2.00 bits per heavy atom. The number of carbonyl (C=O) groups excluding carboxylic acids is 2. The molecule has 3 aromatic rings. The van der Waals surface area contributed by atoms with Crippen molar-refractivity contribution in [2.75, 3.05) is 25.0 Å². The first-order chi connectivity index (χ1) is 20.8. The van der Waals surface area contributed by atoms with Gasteiger partial charge < -0.3 is 14.6 Å². The Kier molecular flexibility index (Phi) is 9.20. The number of benzene rings is 1. The third kappa shape index (κ3) is 6.85. The topological polar surface area (TPSA) is 114 Å². The number of amides is 2. The van der Waals surface area contributed by atoms with Crippen LogP contribution in [0.15, 0.2) is 42.0 Å². The summed E-state index contributed by atoms with van der Waals surface area (Å²) in [7, 11) is 0. The predicted octanol–water partition coefficient (Wildman–Crippen LogP) is 5.59. The molecule has 0 unspecified atom stereocenters. The van der Waals surface area contributed by atoms with Gasteiger partial charge >= 0.3 is 0 Å². The number of nitriles is 1. The molecular weight excluding hydrogens is 586 g/mol. The Hall–Kier alpha value is -3.66. The standard InChI is InChI=1S/C32H38F2N6O3S/c1-19(2)12-21(14-35)30(42)39-11-5-6-23(39)18-40-25-8-7-20(15-38-16-22(17-38)32(3,4)43)13-24(25)36-31(40)37-29(41)27-10-9-26(44-27)28(33)34/h7-10,12-13,19,22-23,28,43H,5-6,11,15-18H2,1-4H3,(H,36,37,41)/b21-12+/t23-/m1/s1. The molecule has 4 heterocycles. The molecule has 44 heavy (non-hydrogen) atoms. The molecule has 12 heteroatoms. The van der Waals surface area contributed by atoms with Crippen molar-refractivity contribution in [3.05, 3.63) is 57.3 Å². The summed E-state index contributed by atoms with van der Waals surface area (Å²) in [6.45, 7) is 10.6. The minimum Gasteiger partial charge on any atom is -0.390 e. The molecule has 2 aromatic heterocycles. The monoisotopic (exact) mass is 624 g/mol. The van der Waals surface area contributed by atoms with Crippen molar-refractivity contribution in [1.29, 1.82) is 5.26 Å². The number of imidazole rings is 1. The van der Waals surface area contributed by atoms with Gasteiger partial charge in [-0.2, -0.15) is 5.26 Å². The highest BCUT2D eigenvalue weighted by molar-refractivity contribution is 7.14. The zero-order valence-electron chi connectivity index (χ0n) is 25.4. The summed E-state index contributed by atoms with van der Waals surface area (Å²) in [5, 5.41) is 22.8. The van der Waals surface area contributed by atoms with Crippen molar-refractivity contribution in [2.45, 2.75) is 71.7 Å². The molecule has 2 saturated heterocycles. The van der Waals surface area contributed by atoms with Gasteiger partial charge in [0.2, 0.25) is 5.95 Å². The summed E-state index contributed by atoms with van der Waals surface area (Å²) >= 11 is 0.737. The number of rotatable bonds is 10. The fourth-order valence-corrected chi connectivity index (χ4v) is 6.62. The smallest absolute Gasteiger partial charge is 0.272 e. The van der Waals surface area contributed by atoms with Gasteiger partial charge in [-0.3, -0.25) is 19.8 Å².